The van der Waals surface area contributed by atoms with Gasteiger partial charge in [0.2, 0.25) is 0 Å². The van der Waals surface area contributed by atoms with Crippen LogP contribution in [0.4, 0.5) is 0 Å². The minimum atomic E-state index is -0.707. The zero-order chi connectivity index (χ0) is 9.68. The monoisotopic (exact) mass is 201 g/mol. The van der Waals surface area contributed by atoms with E-state index in [1.165, 1.54) is 11.8 Å². The van der Waals surface area contributed by atoms with Crippen LogP contribution in [0.5, 0.6) is 0 Å². The summed E-state index contributed by atoms with van der Waals surface area (Å²) >= 11 is 1.52. The third-order valence-corrected chi connectivity index (χ3v) is 3.28. The Morgan fingerprint density at radius 1 is 1.77 bits per heavy atom. The first kappa shape index (κ1) is 10.6. The number of carboxylic acids is 1. The van der Waals surface area contributed by atoms with Crippen molar-refractivity contribution in [2.24, 2.45) is 0 Å². The lowest BCUT2D eigenvalue weighted by Gasteiger charge is -2.19. The van der Waals surface area contributed by atoms with E-state index in [1.807, 2.05) is 11.0 Å². The molecule has 0 spiro atoms. The summed E-state index contributed by atoms with van der Waals surface area (Å²) in [7, 11) is 0. The van der Waals surface area contributed by atoms with Gasteiger partial charge >= 0.3 is 5.97 Å². The Kier molecular flexibility index (Phi) is 4.32. The maximum absolute atomic E-state index is 10.8. The Morgan fingerprint density at radius 3 is 3.15 bits per heavy atom. The lowest BCUT2D eigenvalue weighted by atomic mass is 10.3. The maximum atomic E-state index is 10.8. The van der Waals surface area contributed by atoms with E-state index in [2.05, 4.69) is 6.58 Å². The predicted octanol–water partition coefficient (Wildman–Crippen LogP) is 1.41. The van der Waals surface area contributed by atoms with E-state index >= 15 is 0 Å². The summed E-state index contributed by atoms with van der Waals surface area (Å²) in [6, 6.07) is 0. The normalized spacial score (nSPS) is 23.2. The second-order valence-corrected chi connectivity index (χ2v) is 4.22. The second kappa shape index (κ2) is 5.29. The first-order valence-electron chi connectivity index (χ1n) is 4.45. The van der Waals surface area contributed by atoms with E-state index in [4.69, 9.17) is 5.11 Å². The van der Waals surface area contributed by atoms with Gasteiger partial charge in [-0.15, -0.1) is 18.3 Å². The van der Waals surface area contributed by atoms with Crippen LogP contribution in [-0.2, 0) is 4.79 Å². The summed E-state index contributed by atoms with van der Waals surface area (Å²) in [5.41, 5.74) is 0. The van der Waals surface area contributed by atoms with Crippen molar-refractivity contribution in [3.63, 3.8) is 0 Å². The lowest BCUT2D eigenvalue weighted by Crippen LogP contribution is -2.35. The third-order valence-electron chi connectivity index (χ3n) is 2.05. The number of carbonyl (C=O) groups is 1. The first-order chi connectivity index (χ1) is 6.25. The van der Waals surface area contributed by atoms with E-state index in [-0.39, 0.29) is 5.37 Å². The summed E-state index contributed by atoms with van der Waals surface area (Å²) < 4.78 is 0. The van der Waals surface area contributed by atoms with Gasteiger partial charge in [0.25, 0.3) is 0 Å². The predicted molar refractivity (Wildman–Crippen MR) is 54.9 cm³/mol. The molecular weight excluding hydrogens is 186 g/mol. The molecule has 0 bridgehead atoms. The first-order valence-corrected chi connectivity index (χ1v) is 5.50. The highest BCUT2D eigenvalue weighted by Gasteiger charge is 2.30. The molecule has 0 radical (unpaired) electrons. The smallest absolute Gasteiger partial charge is 0.331 e. The number of hydrogen-bond acceptors (Lipinski definition) is 3. The van der Waals surface area contributed by atoms with Crippen LogP contribution >= 0.6 is 11.8 Å². The highest BCUT2D eigenvalue weighted by atomic mass is 32.2. The molecule has 1 saturated heterocycles. The number of unbranched alkanes of at least 4 members (excludes halogenated alkanes) is 1. The van der Waals surface area contributed by atoms with Crippen molar-refractivity contribution >= 4 is 17.7 Å². The van der Waals surface area contributed by atoms with Crippen LogP contribution in [0, 0.1) is 0 Å². The quantitative estimate of drug-likeness (QED) is 0.539. The maximum Gasteiger partial charge on any atom is 0.331 e. The summed E-state index contributed by atoms with van der Waals surface area (Å²) in [6.07, 6.45) is 3.85. The molecule has 0 aliphatic carbocycles. The molecule has 1 rings (SSSR count). The van der Waals surface area contributed by atoms with Crippen LogP contribution in [0.25, 0.3) is 0 Å². The Balaban J connectivity index is 2.31. The molecule has 1 heterocycles. The molecule has 1 aliphatic rings. The van der Waals surface area contributed by atoms with Crippen molar-refractivity contribution in [3.8, 4) is 0 Å². The number of rotatable bonds is 5. The molecule has 0 saturated carbocycles. The van der Waals surface area contributed by atoms with E-state index in [0.717, 1.165) is 31.7 Å². The Labute approximate surface area is 82.8 Å². The van der Waals surface area contributed by atoms with Crippen LogP contribution in [0.3, 0.4) is 0 Å². The molecule has 4 heteroatoms. The van der Waals surface area contributed by atoms with Crippen molar-refractivity contribution < 1.29 is 9.90 Å². The van der Waals surface area contributed by atoms with Gasteiger partial charge in [0.15, 0.2) is 5.37 Å². The van der Waals surface area contributed by atoms with Crippen LogP contribution in [0.15, 0.2) is 12.7 Å². The summed E-state index contributed by atoms with van der Waals surface area (Å²) in [6.45, 7) is 5.41. The number of thioether (sulfide) groups is 1. The Morgan fingerprint density at radius 2 is 2.54 bits per heavy atom. The topological polar surface area (TPSA) is 40.5 Å². The highest BCUT2D eigenvalue weighted by Crippen LogP contribution is 2.23. The molecule has 0 aromatic carbocycles. The summed E-state index contributed by atoms with van der Waals surface area (Å²) in [4.78, 5) is 12.8. The molecule has 1 aliphatic heterocycles. The number of nitrogens with zero attached hydrogens (tertiary/aromatic N) is 1. The second-order valence-electron chi connectivity index (χ2n) is 3.03. The molecular formula is C9H15NO2S. The highest BCUT2D eigenvalue weighted by molar-refractivity contribution is 8.00. The number of carboxylic acid groups (broad SMARTS) is 1. The van der Waals surface area contributed by atoms with E-state index in [0.29, 0.717) is 0 Å². The molecule has 3 nitrogen and oxygen atoms in total. The summed E-state index contributed by atoms with van der Waals surface area (Å²) in [5.74, 6) is 0.228. The van der Waals surface area contributed by atoms with Gasteiger partial charge in [-0.3, -0.25) is 4.90 Å². The molecule has 74 valence electrons. The molecule has 1 N–H and O–H groups in total. The van der Waals surface area contributed by atoms with Crippen LogP contribution in [0.1, 0.15) is 12.8 Å². The lowest BCUT2D eigenvalue weighted by molar-refractivity contribution is -0.139. The van der Waals surface area contributed by atoms with Crippen LogP contribution < -0.4 is 0 Å². The number of hydrogen-bond donors (Lipinski definition) is 1. The van der Waals surface area contributed by atoms with Gasteiger partial charge in [0.05, 0.1) is 0 Å². The zero-order valence-electron chi connectivity index (χ0n) is 7.61. The van der Waals surface area contributed by atoms with Gasteiger partial charge in [-0.25, -0.2) is 4.79 Å². The molecule has 1 fully saturated rings. The van der Waals surface area contributed by atoms with Gasteiger partial charge in [0, 0.05) is 18.8 Å². The average Bonchev–Trinajstić information content (AvgIpc) is 2.53. The molecule has 1 atom stereocenters. The largest absolute Gasteiger partial charge is 0.479 e. The van der Waals surface area contributed by atoms with E-state index in [9.17, 15) is 4.79 Å². The van der Waals surface area contributed by atoms with Gasteiger partial charge in [-0.2, -0.15) is 0 Å². The zero-order valence-corrected chi connectivity index (χ0v) is 8.42. The summed E-state index contributed by atoms with van der Waals surface area (Å²) in [5, 5.41) is 8.54. The van der Waals surface area contributed by atoms with Gasteiger partial charge in [-0.1, -0.05) is 6.08 Å². The van der Waals surface area contributed by atoms with E-state index in [1.54, 1.807) is 0 Å². The SMILES string of the molecule is C=CCCCN1CCSC1C(=O)O. The Hall–Kier alpha value is -0.480. The minimum Gasteiger partial charge on any atom is -0.479 e. The minimum absolute atomic E-state index is 0.315. The fourth-order valence-corrected chi connectivity index (χ4v) is 2.53. The van der Waals surface area contributed by atoms with Crippen LogP contribution in [-0.4, -0.2) is 40.2 Å². The molecule has 0 amide bonds. The van der Waals surface area contributed by atoms with Gasteiger partial charge in [-0.05, 0) is 12.8 Å². The standard InChI is InChI=1S/C9H15NO2S/c1-2-3-4-5-10-6-7-13-8(10)9(11)12/h2,8H,1,3-7H2,(H,11,12). The average molecular weight is 201 g/mol. The van der Waals surface area contributed by atoms with Crippen molar-refractivity contribution in [2.45, 2.75) is 18.2 Å². The fraction of sp³-hybridized carbons (Fsp3) is 0.667. The van der Waals surface area contributed by atoms with Crippen molar-refractivity contribution in [1.29, 1.82) is 0 Å². The van der Waals surface area contributed by atoms with Gasteiger partial charge in [0.1, 0.15) is 0 Å². The van der Waals surface area contributed by atoms with Gasteiger partial charge < -0.3 is 5.11 Å². The molecule has 0 aromatic heterocycles. The number of allylic oxidation sites excluding steroid dienone is 1. The molecule has 0 aromatic rings. The molecule has 13 heavy (non-hydrogen) atoms. The number of aliphatic carboxylic acids is 1. The van der Waals surface area contributed by atoms with E-state index < -0.39 is 5.97 Å². The molecule has 1 unspecified atom stereocenters. The van der Waals surface area contributed by atoms with Crippen molar-refractivity contribution in [1.82, 2.24) is 4.90 Å². The Bertz CT molecular complexity index is 196. The third kappa shape index (κ3) is 3.04. The van der Waals surface area contributed by atoms with Crippen LogP contribution in [0.2, 0.25) is 0 Å². The van der Waals surface area contributed by atoms with Crippen molar-refractivity contribution in [3.05, 3.63) is 12.7 Å². The van der Waals surface area contributed by atoms with Crippen molar-refractivity contribution in [2.75, 3.05) is 18.8 Å². The fourth-order valence-electron chi connectivity index (χ4n) is 1.40.